The van der Waals surface area contributed by atoms with Crippen molar-refractivity contribution >= 4 is 0 Å². The molecule has 17 heavy (non-hydrogen) atoms. The van der Waals surface area contributed by atoms with Crippen LogP contribution in [-0.4, -0.2) is 22.2 Å². The van der Waals surface area contributed by atoms with E-state index in [4.69, 9.17) is 5.73 Å². The van der Waals surface area contributed by atoms with Gasteiger partial charge in [0.1, 0.15) is 5.82 Å². The van der Waals surface area contributed by atoms with Gasteiger partial charge in [-0.1, -0.05) is 0 Å². The molecule has 6 heteroatoms. The lowest BCUT2D eigenvalue weighted by Crippen LogP contribution is -2.19. The molecule has 2 N–H and O–H groups in total. The van der Waals surface area contributed by atoms with Gasteiger partial charge in [0.25, 0.3) is 0 Å². The summed E-state index contributed by atoms with van der Waals surface area (Å²) in [6.07, 6.45) is -4.71. The van der Waals surface area contributed by atoms with Crippen LogP contribution in [0.25, 0.3) is 0 Å². The highest BCUT2D eigenvalue weighted by Crippen LogP contribution is 2.21. The van der Waals surface area contributed by atoms with E-state index in [1.54, 1.807) is 13.0 Å². The minimum Gasteiger partial charge on any atom is -0.328 e. The number of hydrogen-bond donors (Lipinski definition) is 1. The van der Waals surface area contributed by atoms with Crippen molar-refractivity contribution in [1.82, 2.24) is 9.97 Å². The molecule has 0 amide bonds. The predicted molar refractivity (Wildman–Crippen MR) is 58.5 cm³/mol. The first-order valence-corrected chi connectivity index (χ1v) is 5.42. The van der Waals surface area contributed by atoms with Crippen molar-refractivity contribution in [3.05, 3.63) is 23.3 Å². The van der Waals surface area contributed by atoms with E-state index in [1.807, 2.05) is 6.92 Å². The van der Waals surface area contributed by atoms with Gasteiger partial charge in [0, 0.05) is 30.3 Å². The van der Waals surface area contributed by atoms with Crippen molar-refractivity contribution in [1.29, 1.82) is 0 Å². The Kier molecular flexibility index (Phi) is 4.45. The summed E-state index contributed by atoms with van der Waals surface area (Å²) < 4.78 is 36.2. The van der Waals surface area contributed by atoms with Crippen LogP contribution < -0.4 is 5.73 Å². The summed E-state index contributed by atoms with van der Waals surface area (Å²) in [6, 6.07) is 1.68. The number of aryl methyl sites for hydroxylation is 2. The summed E-state index contributed by atoms with van der Waals surface area (Å²) in [7, 11) is 0. The number of aromatic nitrogens is 2. The second-order valence-corrected chi connectivity index (χ2v) is 4.21. The van der Waals surface area contributed by atoms with Crippen molar-refractivity contribution in [2.45, 2.75) is 45.3 Å². The number of rotatable bonds is 4. The molecule has 0 aromatic carbocycles. The third kappa shape index (κ3) is 5.63. The van der Waals surface area contributed by atoms with Crippen molar-refractivity contribution in [3.8, 4) is 0 Å². The summed E-state index contributed by atoms with van der Waals surface area (Å²) >= 11 is 0. The maximum Gasteiger partial charge on any atom is 0.389 e. The Balaban J connectivity index is 2.75. The fourth-order valence-electron chi connectivity index (χ4n) is 1.50. The van der Waals surface area contributed by atoms with Crippen molar-refractivity contribution < 1.29 is 13.2 Å². The maximum atomic E-state index is 12.1. The van der Waals surface area contributed by atoms with Crippen LogP contribution in [0.3, 0.4) is 0 Å². The normalized spacial score (nSPS) is 13.8. The molecule has 1 heterocycles. The molecule has 0 aliphatic heterocycles. The van der Waals surface area contributed by atoms with Crippen molar-refractivity contribution in [2.75, 3.05) is 0 Å². The van der Waals surface area contributed by atoms with Gasteiger partial charge in [-0.2, -0.15) is 13.2 Å². The second kappa shape index (κ2) is 5.44. The molecule has 1 unspecified atom stereocenters. The zero-order chi connectivity index (χ0) is 13.1. The van der Waals surface area contributed by atoms with Gasteiger partial charge in [-0.05, 0) is 19.9 Å². The van der Waals surface area contributed by atoms with E-state index >= 15 is 0 Å². The highest BCUT2D eigenvalue weighted by Gasteiger charge is 2.27. The minimum atomic E-state index is -4.17. The highest BCUT2D eigenvalue weighted by atomic mass is 19.4. The third-order valence-corrected chi connectivity index (χ3v) is 2.12. The van der Waals surface area contributed by atoms with Gasteiger partial charge in [0.15, 0.2) is 0 Å². The molecule has 0 bridgehead atoms. The monoisotopic (exact) mass is 247 g/mol. The molecule has 0 spiro atoms. The van der Waals surface area contributed by atoms with E-state index in [9.17, 15) is 13.2 Å². The largest absolute Gasteiger partial charge is 0.389 e. The zero-order valence-corrected chi connectivity index (χ0v) is 9.88. The van der Waals surface area contributed by atoms with E-state index in [-0.39, 0.29) is 18.3 Å². The summed E-state index contributed by atoms with van der Waals surface area (Å²) in [5.74, 6) is 0.234. The molecule has 3 nitrogen and oxygen atoms in total. The van der Waals surface area contributed by atoms with Gasteiger partial charge in [0.2, 0.25) is 0 Å². The van der Waals surface area contributed by atoms with Crippen LogP contribution in [0.4, 0.5) is 13.2 Å². The van der Waals surface area contributed by atoms with Gasteiger partial charge in [-0.3, -0.25) is 0 Å². The number of nitrogens with two attached hydrogens (primary N) is 1. The summed E-state index contributed by atoms with van der Waals surface area (Å²) in [4.78, 5) is 8.08. The molecule has 0 aliphatic carbocycles. The van der Waals surface area contributed by atoms with Gasteiger partial charge < -0.3 is 5.73 Å². The Hall–Kier alpha value is -1.17. The molecule has 0 saturated heterocycles. The Morgan fingerprint density at radius 2 is 2.00 bits per heavy atom. The lowest BCUT2D eigenvalue weighted by molar-refractivity contribution is -0.134. The molecular weight excluding hydrogens is 231 g/mol. The number of halogens is 3. The Morgan fingerprint density at radius 3 is 2.53 bits per heavy atom. The average molecular weight is 247 g/mol. The first kappa shape index (κ1) is 13.9. The maximum absolute atomic E-state index is 12.1. The van der Waals surface area contributed by atoms with E-state index in [0.717, 1.165) is 0 Å². The lowest BCUT2D eigenvalue weighted by Gasteiger charge is -2.09. The molecule has 0 saturated carbocycles. The summed E-state index contributed by atoms with van der Waals surface area (Å²) in [6.45, 7) is 3.57. The molecule has 0 radical (unpaired) electrons. The topological polar surface area (TPSA) is 51.8 Å². The quantitative estimate of drug-likeness (QED) is 0.887. The molecule has 1 aromatic rings. The SMILES string of the molecule is Cc1cc(CC(C)N)nc(CCC(F)(F)F)n1. The van der Waals surface area contributed by atoms with E-state index in [0.29, 0.717) is 17.8 Å². The average Bonchev–Trinajstić information content (AvgIpc) is 2.11. The molecular formula is C11H16F3N3. The van der Waals surface area contributed by atoms with Gasteiger partial charge in [-0.15, -0.1) is 0 Å². The first-order chi connectivity index (χ1) is 7.76. The van der Waals surface area contributed by atoms with Crippen LogP contribution in [0.1, 0.15) is 30.6 Å². The van der Waals surface area contributed by atoms with Crippen molar-refractivity contribution in [3.63, 3.8) is 0 Å². The number of hydrogen-bond acceptors (Lipinski definition) is 3. The Morgan fingerprint density at radius 1 is 1.35 bits per heavy atom. The van der Waals surface area contributed by atoms with Crippen LogP contribution in [0.2, 0.25) is 0 Å². The Bertz CT molecular complexity index is 375. The van der Waals surface area contributed by atoms with Crippen LogP contribution in [0, 0.1) is 6.92 Å². The summed E-state index contributed by atoms with van der Waals surface area (Å²) in [5, 5.41) is 0. The lowest BCUT2D eigenvalue weighted by atomic mass is 10.1. The molecule has 1 aromatic heterocycles. The predicted octanol–water partition coefficient (Wildman–Crippen LogP) is 2.17. The molecule has 1 atom stereocenters. The third-order valence-electron chi connectivity index (χ3n) is 2.12. The number of alkyl halides is 3. The van der Waals surface area contributed by atoms with Crippen LogP contribution >= 0.6 is 0 Å². The first-order valence-electron chi connectivity index (χ1n) is 5.42. The fraction of sp³-hybridized carbons (Fsp3) is 0.636. The van der Waals surface area contributed by atoms with Gasteiger partial charge >= 0.3 is 6.18 Å². The number of nitrogens with zero attached hydrogens (tertiary/aromatic N) is 2. The van der Waals surface area contributed by atoms with Crippen LogP contribution in [0.5, 0.6) is 0 Å². The van der Waals surface area contributed by atoms with Crippen LogP contribution in [-0.2, 0) is 12.8 Å². The van der Waals surface area contributed by atoms with Crippen molar-refractivity contribution in [2.24, 2.45) is 5.73 Å². The van der Waals surface area contributed by atoms with Crippen LogP contribution in [0.15, 0.2) is 6.07 Å². The highest BCUT2D eigenvalue weighted by molar-refractivity contribution is 5.11. The standard InChI is InChI=1S/C11H16F3N3/c1-7(15)5-9-6-8(2)16-10(17-9)3-4-11(12,13)14/h6-7H,3-5,15H2,1-2H3. The zero-order valence-electron chi connectivity index (χ0n) is 9.88. The molecule has 0 aliphatic rings. The van der Waals surface area contributed by atoms with E-state index < -0.39 is 12.6 Å². The minimum absolute atomic E-state index is 0.0697. The fourth-order valence-corrected chi connectivity index (χ4v) is 1.50. The molecule has 96 valence electrons. The second-order valence-electron chi connectivity index (χ2n) is 4.21. The van der Waals surface area contributed by atoms with Gasteiger partial charge in [-0.25, -0.2) is 9.97 Å². The van der Waals surface area contributed by atoms with Gasteiger partial charge in [0.05, 0.1) is 6.42 Å². The molecule has 0 fully saturated rings. The van der Waals surface area contributed by atoms with E-state index in [2.05, 4.69) is 9.97 Å². The molecule has 1 rings (SSSR count). The van der Waals surface area contributed by atoms with E-state index in [1.165, 1.54) is 0 Å². The summed E-state index contributed by atoms with van der Waals surface area (Å²) in [5.41, 5.74) is 7.00. The smallest absolute Gasteiger partial charge is 0.328 e. The Labute approximate surface area is 98.3 Å².